The number of nitrogens with one attached hydrogen (secondary N) is 2. The number of aliphatic hydroxyl groups excluding tert-OH is 1. The third-order valence-corrected chi connectivity index (χ3v) is 3.83. The van der Waals surface area contributed by atoms with E-state index in [0.717, 1.165) is 11.1 Å². The zero-order valence-electron chi connectivity index (χ0n) is 13.6. The monoisotopic (exact) mass is 328 g/mol. The van der Waals surface area contributed by atoms with Crippen molar-refractivity contribution in [3.05, 3.63) is 65.7 Å². The van der Waals surface area contributed by atoms with Crippen molar-refractivity contribution in [2.45, 2.75) is 25.3 Å². The normalized spacial score (nSPS) is 11.7. The standard InChI is InChI=1S/C19H24N2O3/c22-14-6-10-17(15-7-2-1-3-8-15)21-19(24)20-13-12-16-9-4-5-11-18(16)23/h1-5,7-9,11,17,22-23H,6,10,12-14H2,(H2,20,21,24). The first-order chi connectivity index (χ1) is 11.7. The van der Waals surface area contributed by atoms with E-state index in [0.29, 0.717) is 25.8 Å². The van der Waals surface area contributed by atoms with Crippen molar-refractivity contribution in [1.29, 1.82) is 0 Å². The number of phenols is 1. The maximum absolute atomic E-state index is 12.1. The highest BCUT2D eigenvalue weighted by molar-refractivity contribution is 5.74. The van der Waals surface area contributed by atoms with Crippen molar-refractivity contribution in [3.63, 3.8) is 0 Å². The lowest BCUT2D eigenvalue weighted by Crippen LogP contribution is -2.39. The molecule has 0 aliphatic heterocycles. The van der Waals surface area contributed by atoms with Gasteiger partial charge in [0, 0.05) is 13.2 Å². The van der Waals surface area contributed by atoms with Gasteiger partial charge in [0.2, 0.25) is 0 Å². The molecule has 1 atom stereocenters. The predicted molar refractivity (Wildman–Crippen MR) is 93.8 cm³/mol. The van der Waals surface area contributed by atoms with Crippen LogP contribution in [0.5, 0.6) is 5.75 Å². The molecule has 0 saturated heterocycles. The topological polar surface area (TPSA) is 81.6 Å². The summed E-state index contributed by atoms with van der Waals surface area (Å²) in [4.78, 5) is 12.1. The maximum atomic E-state index is 12.1. The molecule has 5 heteroatoms. The molecule has 0 aromatic heterocycles. The van der Waals surface area contributed by atoms with Crippen molar-refractivity contribution in [2.24, 2.45) is 0 Å². The Labute approximate surface area is 142 Å². The van der Waals surface area contributed by atoms with E-state index < -0.39 is 0 Å². The molecule has 0 radical (unpaired) electrons. The number of carbonyl (C=O) groups is 1. The largest absolute Gasteiger partial charge is 0.508 e. The number of rotatable bonds is 8. The molecule has 5 nitrogen and oxygen atoms in total. The number of phenolic OH excluding ortho intramolecular Hbond substituents is 1. The average Bonchev–Trinajstić information content (AvgIpc) is 2.61. The van der Waals surface area contributed by atoms with Crippen LogP contribution in [-0.2, 0) is 6.42 Å². The summed E-state index contributed by atoms with van der Waals surface area (Å²) >= 11 is 0. The molecule has 4 N–H and O–H groups in total. The first-order valence-electron chi connectivity index (χ1n) is 8.17. The highest BCUT2D eigenvalue weighted by atomic mass is 16.3. The van der Waals surface area contributed by atoms with Crippen molar-refractivity contribution in [1.82, 2.24) is 10.6 Å². The number of carbonyl (C=O) groups excluding carboxylic acids is 1. The number of amides is 2. The lowest BCUT2D eigenvalue weighted by atomic mass is 10.0. The molecule has 2 amide bonds. The Morgan fingerprint density at radius 3 is 2.46 bits per heavy atom. The Balaban J connectivity index is 1.85. The lowest BCUT2D eigenvalue weighted by Gasteiger charge is -2.19. The first-order valence-corrected chi connectivity index (χ1v) is 8.17. The number of urea groups is 1. The number of hydrogen-bond acceptors (Lipinski definition) is 3. The second kappa shape index (κ2) is 9.57. The molecule has 0 saturated carbocycles. The van der Waals surface area contributed by atoms with Gasteiger partial charge in [-0.25, -0.2) is 4.79 Å². The third kappa shape index (κ3) is 5.59. The highest BCUT2D eigenvalue weighted by Crippen LogP contribution is 2.18. The second-order valence-corrected chi connectivity index (χ2v) is 5.61. The number of benzene rings is 2. The molecule has 0 aliphatic carbocycles. The Morgan fingerprint density at radius 2 is 1.75 bits per heavy atom. The number of hydrogen-bond donors (Lipinski definition) is 4. The van der Waals surface area contributed by atoms with E-state index in [-0.39, 0.29) is 24.4 Å². The summed E-state index contributed by atoms with van der Waals surface area (Å²) in [5.41, 5.74) is 1.82. The molecule has 0 spiro atoms. The molecule has 2 aromatic rings. The van der Waals surface area contributed by atoms with Gasteiger partial charge in [0.25, 0.3) is 0 Å². The van der Waals surface area contributed by atoms with E-state index in [4.69, 9.17) is 5.11 Å². The van der Waals surface area contributed by atoms with Gasteiger partial charge in [-0.05, 0) is 36.5 Å². The zero-order valence-corrected chi connectivity index (χ0v) is 13.6. The summed E-state index contributed by atoms with van der Waals surface area (Å²) in [6.07, 6.45) is 1.86. The van der Waals surface area contributed by atoms with Crippen molar-refractivity contribution in [2.75, 3.05) is 13.2 Å². The molecule has 0 aliphatic rings. The maximum Gasteiger partial charge on any atom is 0.315 e. The van der Waals surface area contributed by atoms with Crippen molar-refractivity contribution in [3.8, 4) is 5.75 Å². The van der Waals surface area contributed by atoms with Crippen LogP contribution in [0.1, 0.15) is 30.0 Å². The van der Waals surface area contributed by atoms with E-state index in [9.17, 15) is 9.90 Å². The van der Waals surface area contributed by atoms with Gasteiger partial charge in [0.15, 0.2) is 0 Å². The number of para-hydroxylation sites is 1. The van der Waals surface area contributed by atoms with Crippen LogP contribution in [0, 0.1) is 0 Å². The minimum Gasteiger partial charge on any atom is -0.508 e. The molecule has 1 unspecified atom stereocenters. The van der Waals surface area contributed by atoms with E-state index in [1.807, 2.05) is 42.5 Å². The third-order valence-electron chi connectivity index (χ3n) is 3.83. The van der Waals surface area contributed by atoms with Crippen LogP contribution in [-0.4, -0.2) is 29.4 Å². The summed E-state index contributed by atoms with van der Waals surface area (Å²) in [6, 6.07) is 16.4. The zero-order chi connectivity index (χ0) is 17.2. The quantitative estimate of drug-likeness (QED) is 0.601. The fourth-order valence-electron chi connectivity index (χ4n) is 2.55. The van der Waals surface area contributed by atoms with Gasteiger partial charge < -0.3 is 20.8 Å². The highest BCUT2D eigenvalue weighted by Gasteiger charge is 2.13. The van der Waals surface area contributed by atoms with Crippen LogP contribution in [0.2, 0.25) is 0 Å². The van der Waals surface area contributed by atoms with Crippen LogP contribution >= 0.6 is 0 Å². The van der Waals surface area contributed by atoms with E-state index in [1.54, 1.807) is 12.1 Å². The van der Waals surface area contributed by atoms with Gasteiger partial charge in [-0.15, -0.1) is 0 Å². The van der Waals surface area contributed by atoms with Gasteiger partial charge in [0.1, 0.15) is 5.75 Å². The smallest absolute Gasteiger partial charge is 0.315 e. The van der Waals surface area contributed by atoms with Gasteiger partial charge >= 0.3 is 6.03 Å². The van der Waals surface area contributed by atoms with Gasteiger partial charge in [-0.3, -0.25) is 0 Å². The minimum atomic E-state index is -0.253. The first kappa shape index (κ1) is 17.8. The predicted octanol–water partition coefficient (Wildman–Crippen LogP) is 2.75. The summed E-state index contributed by atoms with van der Waals surface area (Å²) in [5.74, 6) is 0.241. The molecule has 2 aromatic carbocycles. The van der Waals surface area contributed by atoms with E-state index >= 15 is 0 Å². The number of aliphatic hydroxyl groups is 1. The molecular formula is C19H24N2O3. The van der Waals surface area contributed by atoms with Gasteiger partial charge in [-0.2, -0.15) is 0 Å². The SMILES string of the molecule is O=C(NCCc1ccccc1O)NC(CCCO)c1ccccc1. The Hall–Kier alpha value is -2.53. The number of aromatic hydroxyl groups is 1. The summed E-state index contributed by atoms with van der Waals surface area (Å²) in [5, 5.41) is 24.5. The van der Waals surface area contributed by atoms with Crippen molar-refractivity contribution >= 4 is 6.03 Å². The minimum absolute atomic E-state index is 0.0971. The summed E-state index contributed by atoms with van der Waals surface area (Å²) < 4.78 is 0. The van der Waals surface area contributed by atoms with E-state index in [1.165, 1.54) is 0 Å². The molecule has 0 heterocycles. The molecule has 24 heavy (non-hydrogen) atoms. The van der Waals surface area contributed by atoms with Crippen LogP contribution in [0.3, 0.4) is 0 Å². The lowest BCUT2D eigenvalue weighted by molar-refractivity contribution is 0.233. The fraction of sp³-hybridized carbons (Fsp3) is 0.316. The average molecular weight is 328 g/mol. The van der Waals surface area contributed by atoms with Crippen LogP contribution in [0.15, 0.2) is 54.6 Å². The Bertz CT molecular complexity index is 632. The molecule has 2 rings (SSSR count). The van der Waals surface area contributed by atoms with Gasteiger partial charge in [0.05, 0.1) is 6.04 Å². The fourth-order valence-corrected chi connectivity index (χ4v) is 2.55. The summed E-state index contributed by atoms with van der Waals surface area (Å²) in [6.45, 7) is 0.533. The van der Waals surface area contributed by atoms with Gasteiger partial charge in [-0.1, -0.05) is 48.5 Å². The molecular weight excluding hydrogens is 304 g/mol. The second-order valence-electron chi connectivity index (χ2n) is 5.61. The molecule has 0 bridgehead atoms. The van der Waals surface area contributed by atoms with Crippen LogP contribution in [0.25, 0.3) is 0 Å². The Morgan fingerprint density at radius 1 is 1.04 bits per heavy atom. The summed E-state index contributed by atoms with van der Waals surface area (Å²) in [7, 11) is 0. The molecule has 128 valence electrons. The van der Waals surface area contributed by atoms with Crippen molar-refractivity contribution < 1.29 is 15.0 Å². The van der Waals surface area contributed by atoms with Crippen LogP contribution in [0.4, 0.5) is 4.79 Å². The Kier molecular flexibility index (Phi) is 7.11. The van der Waals surface area contributed by atoms with Crippen LogP contribution < -0.4 is 10.6 Å². The van der Waals surface area contributed by atoms with E-state index in [2.05, 4.69) is 10.6 Å². The molecule has 0 fully saturated rings.